The lowest BCUT2D eigenvalue weighted by atomic mass is 9.99. The average molecular weight is 454 g/mol. The van der Waals surface area contributed by atoms with Gasteiger partial charge in [-0.15, -0.1) is 0 Å². The van der Waals surface area contributed by atoms with Crippen LogP contribution >= 0.6 is 0 Å². The maximum atomic E-state index is 12.6. The van der Waals surface area contributed by atoms with Gasteiger partial charge >= 0.3 is 17.6 Å². The number of ether oxygens (including phenoxy) is 2. The summed E-state index contributed by atoms with van der Waals surface area (Å²) in [5.74, 6) is 0.0610. The molecule has 176 valence electrons. The molecule has 0 spiro atoms. The Kier molecular flexibility index (Phi) is 7.53. The van der Waals surface area contributed by atoms with Crippen LogP contribution in [0, 0.1) is 17.8 Å². The molecule has 0 unspecified atom stereocenters. The van der Waals surface area contributed by atoms with Crippen molar-refractivity contribution in [2.75, 3.05) is 0 Å². The minimum absolute atomic E-state index is 0.225. The van der Waals surface area contributed by atoms with E-state index in [9.17, 15) is 14.4 Å². The standard InChI is InChI=1S/C26H31NO6/c1-14(2)10-16(5)24(28)31-18-7-9-20-19-8-6-17(32-26(30)22(27)11-15(3)4)12-21(19)25(29)33-23(20)13-18/h6-9,12-16,22H,10-11,27H2,1-5H3/t16-,22-/m1/s1. The molecule has 0 aliphatic carbocycles. The maximum Gasteiger partial charge on any atom is 0.344 e. The summed E-state index contributed by atoms with van der Waals surface area (Å²) in [4.78, 5) is 37.2. The molecule has 0 saturated carbocycles. The van der Waals surface area contributed by atoms with E-state index in [1.54, 1.807) is 24.3 Å². The van der Waals surface area contributed by atoms with Crippen molar-refractivity contribution in [3.05, 3.63) is 46.8 Å². The zero-order chi connectivity index (χ0) is 24.3. The molecule has 0 aliphatic rings. The van der Waals surface area contributed by atoms with Crippen LogP contribution < -0.4 is 20.8 Å². The fourth-order valence-electron chi connectivity index (χ4n) is 3.83. The Bertz CT molecular complexity index is 1230. The van der Waals surface area contributed by atoms with Gasteiger partial charge < -0.3 is 19.6 Å². The Morgan fingerprint density at radius 3 is 2.03 bits per heavy atom. The van der Waals surface area contributed by atoms with Crippen molar-refractivity contribution in [1.82, 2.24) is 0 Å². The molecule has 33 heavy (non-hydrogen) atoms. The summed E-state index contributed by atoms with van der Waals surface area (Å²) in [6, 6.07) is 8.99. The fourth-order valence-corrected chi connectivity index (χ4v) is 3.83. The van der Waals surface area contributed by atoms with Gasteiger partial charge in [0.25, 0.3) is 0 Å². The molecule has 2 N–H and O–H groups in total. The monoisotopic (exact) mass is 453 g/mol. The van der Waals surface area contributed by atoms with E-state index in [1.165, 1.54) is 12.1 Å². The molecular formula is C26H31NO6. The first kappa shape index (κ1) is 24.5. The van der Waals surface area contributed by atoms with Crippen LogP contribution in [0.15, 0.2) is 45.6 Å². The van der Waals surface area contributed by atoms with Gasteiger partial charge in [0.15, 0.2) is 0 Å². The van der Waals surface area contributed by atoms with E-state index < -0.39 is 17.6 Å². The highest BCUT2D eigenvalue weighted by Gasteiger charge is 2.19. The topological polar surface area (TPSA) is 109 Å². The Balaban J connectivity index is 1.87. The van der Waals surface area contributed by atoms with Gasteiger partial charge in [0.05, 0.1) is 11.3 Å². The number of hydrogen-bond donors (Lipinski definition) is 1. The van der Waals surface area contributed by atoms with E-state index in [1.807, 2.05) is 34.6 Å². The van der Waals surface area contributed by atoms with Gasteiger partial charge in [-0.3, -0.25) is 4.79 Å². The predicted molar refractivity (Wildman–Crippen MR) is 127 cm³/mol. The lowest BCUT2D eigenvalue weighted by Gasteiger charge is -2.14. The summed E-state index contributed by atoms with van der Waals surface area (Å²) < 4.78 is 16.3. The number of rotatable bonds is 8. The third-order valence-corrected chi connectivity index (χ3v) is 5.35. The number of carbonyl (C=O) groups is 2. The fraction of sp³-hybridized carbons (Fsp3) is 0.423. The van der Waals surface area contributed by atoms with Crippen molar-refractivity contribution < 1.29 is 23.5 Å². The molecule has 0 amide bonds. The molecule has 7 nitrogen and oxygen atoms in total. The SMILES string of the molecule is CC(C)C[C@@H](C)C(=O)Oc1ccc2c(c1)oc(=O)c1cc(OC(=O)[C@H](N)CC(C)C)ccc12. The molecule has 0 bridgehead atoms. The molecule has 0 saturated heterocycles. The van der Waals surface area contributed by atoms with Crippen LogP contribution in [0.3, 0.4) is 0 Å². The zero-order valence-corrected chi connectivity index (χ0v) is 19.7. The third-order valence-electron chi connectivity index (χ3n) is 5.35. The molecule has 3 aromatic rings. The van der Waals surface area contributed by atoms with Crippen LogP contribution in [-0.4, -0.2) is 18.0 Å². The van der Waals surface area contributed by atoms with Crippen molar-refractivity contribution in [2.45, 2.75) is 53.5 Å². The first-order chi connectivity index (χ1) is 15.5. The van der Waals surface area contributed by atoms with Crippen LogP contribution in [0.1, 0.15) is 47.5 Å². The third kappa shape index (κ3) is 5.99. The van der Waals surface area contributed by atoms with Crippen molar-refractivity contribution in [3.63, 3.8) is 0 Å². The van der Waals surface area contributed by atoms with Gasteiger partial charge in [0.2, 0.25) is 0 Å². The number of esters is 2. The highest BCUT2D eigenvalue weighted by molar-refractivity contribution is 6.05. The summed E-state index contributed by atoms with van der Waals surface area (Å²) in [6.07, 6.45) is 1.23. The number of hydrogen-bond acceptors (Lipinski definition) is 7. The second kappa shape index (κ2) is 10.2. The van der Waals surface area contributed by atoms with Gasteiger partial charge in [-0.05, 0) is 55.0 Å². The Morgan fingerprint density at radius 2 is 1.39 bits per heavy atom. The molecule has 0 fully saturated rings. The van der Waals surface area contributed by atoms with Crippen LogP contribution in [0.4, 0.5) is 0 Å². The Hall–Kier alpha value is -3.19. The smallest absolute Gasteiger partial charge is 0.344 e. The van der Waals surface area contributed by atoms with Gasteiger partial charge in [0.1, 0.15) is 23.1 Å². The second-order valence-corrected chi connectivity index (χ2v) is 9.36. The van der Waals surface area contributed by atoms with Gasteiger partial charge in [0, 0.05) is 16.8 Å². The van der Waals surface area contributed by atoms with Crippen molar-refractivity contribution in [1.29, 1.82) is 0 Å². The Labute approximate surface area is 192 Å². The lowest BCUT2D eigenvalue weighted by Crippen LogP contribution is -2.35. The summed E-state index contributed by atoms with van der Waals surface area (Å²) in [5.41, 5.74) is 5.60. The number of carbonyl (C=O) groups excluding carboxylic acids is 2. The number of benzene rings is 2. The van der Waals surface area contributed by atoms with E-state index >= 15 is 0 Å². The molecule has 3 rings (SSSR count). The lowest BCUT2D eigenvalue weighted by molar-refractivity contribution is -0.139. The van der Waals surface area contributed by atoms with E-state index in [-0.39, 0.29) is 28.9 Å². The van der Waals surface area contributed by atoms with Crippen molar-refractivity contribution >= 4 is 33.7 Å². The summed E-state index contributed by atoms with van der Waals surface area (Å²) in [5, 5.41) is 1.59. The quantitative estimate of drug-likeness (QED) is 0.225. The molecule has 1 heterocycles. The molecule has 1 aromatic heterocycles. The highest BCUT2D eigenvalue weighted by Crippen LogP contribution is 2.29. The van der Waals surface area contributed by atoms with Crippen molar-refractivity contribution in [2.24, 2.45) is 23.5 Å². The number of nitrogens with two attached hydrogens (primary N) is 1. The maximum absolute atomic E-state index is 12.6. The summed E-state index contributed by atoms with van der Waals surface area (Å²) >= 11 is 0. The Morgan fingerprint density at radius 1 is 0.818 bits per heavy atom. The molecule has 7 heteroatoms. The molecule has 0 aliphatic heterocycles. The van der Waals surface area contributed by atoms with Gasteiger partial charge in [-0.25, -0.2) is 9.59 Å². The van der Waals surface area contributed by atoms with Crippen LogP contribution in [0.5, 0.6) is 11.5 Å². The summed E-state index contributed by atoms with van der Waals surface area (Å²) in [7, 11) is 0. The molecule has 0 radical (unpaired) electrons. The summed E-state index contributed by atoms with van der Waals surface area (Å²) in [6.45, 7) is 9.87. The predicted octanol–water partition coefficient (Wildman–Crippen LogP) is 4.81. The molecular weight excluding hydrogens is 422 g/mol. The van der Waals surface area contributed by atoms with E-state index in [0.717, 1.165) is 6.42 Å². The van der Waals surface area contributed by atoms with Crippen molar-refractivity contribution in [3.8, 4) is 11.5 Å². The number of fused-ring (bicyclic) bond motifs is 3. The zero-order valence-electron chi connectivity index (χ0n) is 19.7. The minimum atomic E-state index is -0.738. The molecule has 2 aromatic carbocycles. The highest BCUT2D eigenvalue weighted by atomic mass is 16.5. The van der Waals surface area contributed by atoms with E-state index in [2.05, 4.69) is 0 Å². The van der Waals surface area contributed by atoms with Crippen LogP contribution in [0.25, 0.3) is 21.7 Å². The first-order valence-electron chi connectivity index (χ1n) is 11.2. The second-order valence-electron chi connectivity index (χ2n) is 9.36. The van der Waals surface area contributed by atoms with Crippen LogP contribution in [0.2, 0.25) is 0 Å². The largest absolute Gasteiger partial charge is 0.426 e. The van der Waals surface area contributed by atoms with Gasteiger partial charge in [-0.2, -0.15) is 0 Å². The van der Waals surface area contributed by atoms with Gasteiger partial charge in [-0.1, -0.05) is 34.6 Å². The van der Waals surface area contributed by atoms with Crippen LogP contribution in [-0.2, 0) is 9.59 Å². The normalized spacial score (nSPS) is 13.5. The first-order valence-corrected chi connectivity index (χ1v) is 11.2. The average Bonchev–Trinajstić information content (AvgIpc) is 2.72. The minimum Gasteiger partial charge on any atom is -0.426 e. The van der Waals surface area contributed by atoms with E-state index in [0.29, 0.717) is 34.4 Å². The van der Waals surface area contributed by atoms with E-state index in [4.69, 9.17) is 19.6 Å². The molecule has 2 atom stereocenters.